The van der Waals surface area contributed by atoms with Crippen molar-refractivity contribution in [3.63, 3.8) is 0 Å². The molecular formula is C30H50N5O17P3. The van der Waals surface area contributed by atoms with Crippen LogP contribution in [0.5, 0.6) is 0 Å². The molecule has 0 spiro atoms. The first-order valence-corrected chi connectivity index (χ1v) is 21.5. The SMILES string of the molecule is C/C(CCCC(=O)CCCC(=O)C(O)C(C)(C)COP(=O)(O)OP(=O)(O)OCC1OC(n2cnc3c(C)ncnc32)C(O)C1OP(=O)(O)O)=N\OC(C)(C)C. The average molecular weight is 846 g/mol. The van der Waals surface area contributed by atoms with Crippen LogP contribution in [-0.2, 0) is 50.7 Å². The maximum absolute atomic E-state index is 12.7. The molecule has 2 aromatic rings. The third kappa shape index (κ3) is 14.8. The van der Waals surface area contributed by atoms with Gasteiger partial charge in [-0.15, -0.1) is 0 Å². The molecule has 7 atom stereocenters. The van der Waals surface area contributed by atoms with Gasteiger partial charge in [0, 0.05) is 24.7 Å². The van der Waals surface area contributed by atoms with Crippen LogP contribution >= 0.6 is 23.5 Å². The Morgan fingerprint density at radius 3 is 2.20 bits per heavy atom. The monoisotopic (exact) mass is 845 g/mol. The summed E-state index contributed by atoms with van der Waals surface area (Å²) in [6.07, 6.45) is -4.74. The number of imidazole rings is 1. The van der Waals surface area contributed by atoms with Gasteiger partial charge in [0.1, 0.15) is 47.6 Å². The minimum atomic E-state index is -5.53. The smallest absolute Gasteiger partial charge is 0.390 e. The first-order valence-electron chi connectivity index (χ1n) is 17.0. The van der Waals surface area contributed by atoms with E-state index in [0.29, 0.717) is 24.1 Å². The van der Waals surface area contributed by atoms with E-state index in [0.717, 1.165) is 5.71 Å². The average Bonchev–Trinajstić information content (AvgIpc) is 3.61. The number of ketones is 2. The predicted molar refractivity (Wildman–Crippen MR) is 191 cm³/mol. The van der Waals surface area contributed by atoms with Crippen molar-refractivity contribution in [2.75, 3.05) is 13.2 Å². The molecule has 3 heterocycles. The highest BCUT2D eigenvalue weighted by atomic mass is 31.3. The van der Waals surface area contributed by atoms with Gasteiger partial charge in [0.2, 0.25) is 0 Å². The maximum atomic E-state index is 12.7. The predicted octanol–water partition coefficient (Wildman–Crippen LogP) is 3.18. The molecule has 7 unspecified atom stereocenters. The third-order valence-electron chi connectivity index (χ3n) is 7.99. The van der Waals surface area contributed by atoms with Crippen LogP contribution in [-0.4, -0.2) is 110 Å². The van der Waals surface area contributed by atoms with Gasteiger partial charge in [-0.3, -0.25) is 27.7 Å². The van der Waals surface area contributed by atoms with Crippen LogP contribution < -0.4 is 0 Å². The van der Waals surface area contributed by atoms with Crippen molar-refractivity contribution in [3.8, 4) is 0 Å². The standard InChI is InChI=1S/C30H50N5O17P3/c1-18(34-51-29(3,4)5)10-8-11-20(36)12-9-13-21(37)26(39)30(6,7)15-48-55(45,46)52-54(43,44)47-14-22-25(50-53(40,41)42)24(38)28(49-22)35-17-33-23-19(2)31-16-32-27(23)35/h16-17,22,24-26,28,38-39H,8-15H2,1-7H3,(H,43,44)(H,45,46)(H2,40,41,42)/b34-18+. The zero-order chi connectivity index (χ0) is 41.6. The Labute approximate surface area is 317 Å². The Hall–Kier alpha value is -2.39. The second-order valence-electron chi connectivity index (χ2n) is 14.6. The number of ether oxygens (including phenoxy) is 1. The summed E-state index contributed by atoms with van der Waals surface area (Å²) in [5.74, 6) is -0.760. The summed E-state index contributed by atoms with van der Waals surface area (Å²) in [5.41, 5.74) is -0.268. The molecule has 0 radical (unpaired) electrons. The number of aryl methyl sites for hydroxylation is 1. The van der Waals surface area contributed by atoms with E-state index in [1.807, 2.05) is 20.8 Å². The number of Topliss-reactive ketones (excluding diaryl/α,β-unsaturated/α-hetero) is 2. The number of hydrogen-bond acceptors (Lipinski definition) is 17. The highest BCUT2D eigenvalue weighted by Gasteiger charge is 2.50. The Kier molecular flexibility index (Phi) is 16.2. The number of phosphoric acid groups is 3. The number of carbonyl (C=O) groups excluding carboxylic acids is 2. The van der Waals surface area contributed by atoms with Gasteiger partial charge in [-0.2, -0.15) is 4.31 Å². The first kappa shape index (κ1) is 47.0. The molecule has 3 rings (SSSR count). The normalized spacial score (nSPS) is 22.7. The molecule has 22 nitrogen and oxygen atoms in total. The first-order chi connectivity index (χ1) is 25.2. The van der Waals surface area contributed by atoms with Gasteiger partial charge in [0.25, 0.3) is 0 Å². The third-order valence-corrected chi connectivity index (χ3v) is 11.1. The summed E-state index contributed by atoms with van der Waals surface area (Å²) in [5, 5.41) is 25.6. The van der Waals surface area contributed by atoms with E-state index >= 15 is 0 Å². The number of rotatable bonds is 22. The van der Waals surface area contributed by atoms with Crippen LogP contribution in [0.1, 0.15) is 92.0 Å². The van der Waals surface area contributed by atoms with Gasteiger partial charge in [-0.25, -0.2) is 28.6 Å². The van der Waals surface area contributed by atoms with Crippen molar-refractivity contribution in [1.29, 1.82) is 0 Å². The van der Waals surface area contributed by atoms with E-state index in [1.54, 1.807) is 13.8 Å². The highest BCUT2D eigenvalue weighted by molar-refractivity contribution is 7.61. The van der Waals surface area contributed by atoms with Crippen LogP contribution in [0.25, 0.3) is 11.2 Å². The fourth-order valence-electron chi connectivity index (χ4n) is 5.16. The molecule has 1 aliphatic heterocycles. The molecule has 6 N–H and O–H groups in total. The van der Waals surface area contributed by atoms with Gasteiger partial charge in [-0.1, -0.05) is 19.0 Å². The minimum Gasteiger partial charge on any atom is -0.390 e. The van der Waals surface area contributed by atoms with Crippen molar-refractivity contribution in [2.24, 2.45) is 10.6 Å². The van der Waals surface area contributed by atoms with Crippen LogP contribution in [0, 0.1) is 12.3 Å². The summed E-state index contributed by atoms with van der Waals surface area (Å²) < 4.78 is 62.5. The number of nitrogens with zero attached hydrogens (tertiary/aromatic N) is 5. The molecular weight excluding hydrogens is 795 g/mol. The van der Waals surface area contributed by atoms with E-state index in [4.69, 9.17) is 18.6 Å². The molecule has 0 aliphatic carbocycles. The molecule has 0 amide bonds. The largest absolute Gasteiger partial charge is 0.481 e. The highest BCUT2D eigenvalue weighted by Crippen LogP contribution is 2.61. The van der Waals surface area contributed by atoms with E-state index in [9.17, 15) is 53.1 Å². The number of hydrogen-bond donors (Lipinski definition) is 6. The number of aliphatic hydroxyl groups is 2. The fourth-order valence-corrected chi connectivity index (χ4v) is 7.99. The molecule has 1 aliphatic rings. The van der Waals surface area contributed by atoms with Crippen LogP contribution in [0.4, 0.5) is 0 Å². The zero-order valence-electron chi connectivity index (χ0n) is 31.5. The Morgan fingerprint density at radius 1 is 0.964 bits per heavy atom. The lowest BCUT2D eigenvalue weighted by molar-refractivity contribution is -0.134. The number of oxime groups is 1. The lowest BCUT2D eigenvalue weighted by atomic mass is 9.84. The van der Waals surface area contributed by atoms with E-state index in [1.165, 1.54) is 31.1 Å². The van der Waals surface area contributed by atoms with Gasteiger partial charge in [-0.05, 0) is 53.9 Å². The summed E-state index contributed by atoms with van der Waals surface area (Å²) in [4.78, 5) is 81.8. The number of aromatic nitrogens is 4. The fraction of sp³-hybridized carbons (Fsp3) is 0.733. The second-order valence-corrected chi connectivity index (χ2v) is 18.9. The van der Waals surface area contributed by atoms with Gasteiger partial charge in [0.15, 0.2) is 17.7 Å². The molecule has 0 bridgehead atoms. The summed E-state index contributed by atoms with van der Waals surface area (Å²) >= 11 is 0. The molecule has 0 aromatic carbocycles. The Balaban J connectivity index is 1.51. The van der Waals surface area contributed by atoms with Gasteiger partial charge >= 0.3 is 23.5 Å². The van der Waals surface area contributed by atoms with Crippen LogP contribution in [0.3, 0.4) is 0 Å². The van der Waals surface area contributed by atoms with Crippen molar-refractivity contribution >= 4 is 51.9 Å². The zero-order valence-corrected chi connectivity index (χ0v) is 34.1. The van der Waals surface area contributed by atoms with Crippen molar-refractivity contribution < 1.29 is 80.5 Å². The van der Waals surface area contributed by atoms with Crippen molar-refractivity contribution in [3.05, 3.63) is 18.3 Å². The van der Waals surface area contributed by atoms with Gasteiger partial charge < -0.3 is 39.4 Å². The lowest BCUT2D eigenvalue weighted by Crippen LogP contribution is -2.39. The van der Waals surface area contributed by atoms with Crippen molar-refractivity contribution in [2.45, 2.75) is 123 Å². The molecule has 1 fully saturated rings. The quantitative estimate of drug-likeness (QED) is 0.0563. The summed E-state index contributed by atoms with van der Waals surface area (Å²) in [6.45, 7) is 9.75. The van der Waals surface area contributed by atoms with Crippen molar-refractivity contribution in [1.82, 2.24) is 19.5 Å². The Bertz CT molecular complexity index is 1830. The van der Waals surface area contributed by atoms with E-state index in [-0.39, 0.29) is 37.1 Å². The second kappa shape index (κ2) is 18.9. The number of fused-ring (bicyclic) bond motifs is 1. The minimum absolute atomic E-state index is 0.0827. The van der Waals surface area contributed by atoms with Gasteiger partial charge in [0.05, 0.1) is 30.9 Å². The number of phosphoric ester groups is 3. The van der Waals surface area contributed by atoms with E-state index < -0.39 is 84.1 Å². The van der Waals surface area contributed by atoms with E-state index in [2.05, 4.69) is 28.9 Å². The summed E-state index contributed by atoms with van der Waals surface area (Å²) in [7, 11) is -16.3. The molecule has 2 aromatic heterocycles. The van der Waals surface area contributed by atoms with Crippen LogP contribution in [0.2, 0.25) is 0 Å². The number of carbonyl (C=O) groups is 2. The Morgan fingerprint density at radius 2 is 1.58 bits per heavy atom. The topological polar surface area (TPSA) is 318 Å². The molecule has 25 heteroatoms. The lowest BCUT2D eigenvalue weighted by Gasteiger charge is -2.30. The molecule has 1 saturated heterocycles. The molecule has 312 valence electrons. The maximum Gasteiger partial charge on any atom is 0.481 e. The van der Waals surface area contributed by atoms with Crippen LogP contribution in [0.15, 0.2) is 17.8 Å². The number of aliphatic hydroxyl groups excluding tert-OH is 2. The molecule has 0 saturated carbocycles. The summed E-state index contributed by atoms with van der Waals surface area (Å²) in [6, 6.07) is 0. The molecule has 55 heavy (non-hydrogen) atoms.